The number of hydrogen-bond donors (Lipinski definition) is 0. The second-order valence-electron chi connectivity index (χ2n) is 4.92. The predicted molar refractivity (Wildman–Crippen MR) is 66.1 cm³/mol. The normalized spacial score (nSPS) is 19.0. The van der Waals surface area contributed by atoms with Crippen LogP contribution in [0.2, 0.25) is 0 Å². The van der Waals surface area contributed by atoms with E-state index in [0.29, 0.717) is 5.92 Å². The summed E-state index contributed by atoms with van der Waals surface area (Å²) >= 11 is 0. The third-order valence-corrected chi connectivity index (χ3v) is 3.70. The quantitative estimate of drug-likeness (QED) is 0.723. The van der Waals surface area contributed by atoms with Crippen LogP contribution in [0, 0.1) is 24.2 Å². The van der Waals surface area contributed by atoms with Crippen molar-refractivity contribution in [2.75, 3.05) is 0 Å². The van der Waals surface area contributed by atoms with Crippen LogP contribution in [0.3, 0.4) is 0 Å². The molecule has 0 aliphatic heterocycles. The van der Waals surface area contributed by atoms with Crippen molar-refractivity contribution in [2.24, 2.45) is 5.92 Å². The summed E-state index contributed by atoms with van der Waals surface area (Å²) in [6.07, 6.45) is 6.41. The lowest BCUT2D eigenvalue weighted by Crippen LogP contribution is -2.15. The molecular formula is C15H19N. The molecule has 1 heteroatoms. The van der Waals surface area contributed by atoms with Gasteiger partial charge in [-0.25, -0.2) is 0 Å². The Balaban J connectivity index is 2.15. The molecule has 0 radical (unpaired) electrons. The number of nitrogens with zero attached hydrogens (tertiary/aromatic N) is 1. The summed E-state index contributed by atoms with van der Waals surface area (Å²) in [5.41, 5.74) is 2.48. The minimum absolute atomic E-state index is 0.112. The van der Waals surface area contributed by atoms with Crippen molar-refractivity contribution in [1.29, 1.82) is 5.26 Å². The van der Waals surface area contributed by atoms with Crippen LogP contribution >= 0.6 is 0 Å². The molecule has 84 valence electrons. The Morgan fingerprint density at radius 3 is 2.31 bits per heavy atom. The highest BCUT2D eigenvalue weighted by Crippen LogP contribution is 2.35. The van der Waals surface area contributed by atoms with Crippen LogP contribution in [0.4, 0.5) is 0 Å². The molecule has 1 aliphatic rings. The van der Waals surface area contributed by atoms with Gasteiger partial charge in [-0.3, -0.25) is 0 Å². The summed E-state index contributed by atoms with van der Waals surface area (Å²) in [5.74, 6) is 0.697. The zero-order valence-corrected chi connectivity index (χ0v) is 9.95. The molecule has 0 bridgehead atoms. The Morgan fingerprint density at radius 1 is 1.12 bits per heavy atom. The van der Waals surface area contributed by atoms with Crippen LogP contribution in [0.15, 0.2) is 24.3 Å². The smallest absolute Gasteiger partial charge is 0.0740 e. The lowest BCUT2D eigenvalue weighted by atomic mass is 9.77. The van der Waals surface area contributed by atoms with E-state index in [1.165, 1.54) is 43.2 Å². The summed E-state index contributed by atoms with van der Waals surface area (Å²) in [5, 5.41) is 9.35. The summed E-state index contributed by atoms with van der Waals surface area (Å²) in [4.78, 5) is 0. The summed E-state index contributed by atoms with van der Waals surface area (Å²) in [6.45, 7) is 2.09. The Bertz CT molecular complexity index is 365. The van der Waals surface area contributed by atoms with Crippen LogP contribution in [0.25, 0.3) is 0 Å². The number of rotatable bonds is 2. The zero-order chi connectivity index (χ0) is 11.4. The standard InChI is InChI=1S/C15H19N/c1-12-7-9-14(10-8-12)15(11-16)13-5-3-2-4-6-13/h7-10,13,15H,2-6H2,1H3/t15-/m0/s1. The van der Waals surface area contributed by atoms with Gasteiger partial charge < -0.3 is 0 Å². The first-order valence-electron chi connectivity index (χ1n) is 6.27. The van der Waals surface area contributed by atoms with Crippen LogP contribution < -0.4 is 0 Å². The predicted octanol–water partition coefficient (Wildman–Crippen LogP) is 4.18. The first-order valence-corrected chi connectivity index (χ1v) is 6.27. The van der Waals surface area contributed by atoms with Gasteiger partial charge >= 0.3 is 0 Å². The van der Waals surface area contributed by atoms with Gasteiger partial charge in [0, 0.05) is 0 Å². The van der Waals surface area contributed by atoms with Gasteiger partial charge in [0.15, 0.2) is 0 Å². The van der Waals surface area contributed by atoms with Gasteiger partial charge in [-0.2, -0.15) is 5.26 Å². The fourth-order valence-electron chi connectivity index (χ4n) is 2.69. The molecule has 0 saturated heterocycles. The van der Waals surface area contributed by atoms with Crippen LogP contribution in [0.1, 0.15) is 49.1 Å². The molecule has 2 rings (SSSR count). The van der Waals surface area contributed by atoms with E-state index in [2.05, 4.69) is 37.3 Å². The number of aryl methyl sites for hydroxylation is 1. The van der Waals surface area contributed by atoms with Crippen molar-refractivity contribution in [2.45, 2.75) is 44.9 Å². The second kappa shape index (κ2) is 5.16. The van der Waals surface area contributed by atoms with Gasteiger partial charge in [0.1, 0.15) is 0 Å². The van der Waals surface area contributed by atoms with E-state index in [0.717, 1.165) is 0 Å². The molecule has 0 amide bonds. The van der Waals surface area contributed by atoms with Crippen molar-refractivity contribution in [3.05, 3.63) is 35.4 Å². The Labute approximate surface area is 98.1 Å². The van der Waals surface area contributed by atoms with Crippen molar-refractivity contribution in [3.63, 3.8) is 0 Å². The molecule has 0 heterocycles. The third kappa shape index (κ3) is 2.44. The summed E-state index contributed by atoms with van der Waals surface area (Å²) < 4.78 is 0. The molecule has 1 aromatic carbocycles. The monoisotopic (exact) mass is 213 g/mol. The minimum Gasteiger partial charge on any atom is -0.198 e. The number of nitriles is 1. The lowest BCUT2D eigenvalue weighted by molar-refractivity contribution is 0.335. The van der Waals surface area contributed by atoms with Gasteiger partial charge in [0.25, 0.3) is 0 Å². The first kappa shape index (κ1) is 11.2. The number of benzene rings is 1. The third-order valence-electron chi connectivity index (χ3n) is 3.70. The summed E-state index contributed by atoms with van der Waals surface area (Å²) in [7, 11) is 0. The zero-order valence-electron chi connectivity index (χ0n) is 9.95. The van der Waals surface area contributed by atoms with Gasteiger partial charge in [0.2, 0.25) is 0 Å². The van der Waals surface area contributed by atoms with E-state index in [4.69, 9.17) is 0 Å². The SMILES string of the molecule is Cc1ccc([C@@H](C#N)C2CCCCC2)cc1. The van der Waals surface area contributed by atoms with E-state index in [1.807, 2.05) is 0 Å². The molecule has 0 N–H and O–H groups in total. The van der Waals surface area contributed by atoms with Crippen molar-refractivity contribution >= 4 is 0 Å². The highest BCUT2D eigenvalue weighted by atomic mass is 14.3. The van der Waals surface area contributed by atoms with Crippen LogP contribution in [-0.4, -0.2) is 0 Å². The van der Waals surface area contributed by atoms with E-state index in [1.54, 1.807) is 0 Å². The molecule has 16 heavy (non-hydrogen) atoms. The minimum atomic E-state index is 0.112. The van der Waals surface area contributed by atoms with E-state index < -0.39 is 0 Å². The van der Waals surface area contributed by atoms with Crippen molar-refractivity contribution in [3.8, 4) is 6.07 Å². The Morgan fingerprint density at radius 2 is 1.75 bits per heavy atom. The fraction of sp³-hybridized carbons (Fsp3) is 0.533. The Kier molecular flexibility index (Phi) is 3.62. The fourth-order valence-corrected chi connectivity index (χ4v) is 2.69. The second-order valence-corrected chi connectivity index (χ2v) is 4.92. The molecule has 1 aromatic rings. The maximum Gasteiger partial charge on any atom is 0.0740 e. The molecule has 1 atom stereocenters. The topological polar surface area (TPSA) is 23.8 Å². The van der Waals surface area contributed by atoms with Crippen LogP contribution in [-0.2, 0) is 0 Å². The summed E-state index contributed by atoms with van der Waals surface area (Å²) in [6, 6.07) is 11.0. The molecule has 1 saturated carbocycles. The molecule has 1 fully saturated rings. The molecule has 0 spiro atoms. The van der Waals surface area contributed by atoms with Gasteiger partial charge in [-0.1, -0.05) is 49.1 Å². The molecule has 0 aromatic heterocycles. The Hall–Kier alpha value is -1.29. The average Bonchev–Trinajstić information content (AvgIpc) is 2.34. The van der Waals surface area contributed by atoms with E-state index >= 15 is 0 Å². The number of hydrogen-bond acceptors (Lipinski definition) is 1. The highest BCUT2D eigenvalue weighted by Gasteiger charge is 2.24. The van der Waals surface area contributed by atoms with Crippen LogP contribution in [0.5, 0.6) is 0 Å². The van der Waals surface area contributed by atoms with Crippen molar-refractivity contribution < 1.29 is 0 Å². The van der Waals surface area contributed by atoms with Gasteiger partial charge in [-0.15, -0.1) is 0 Å². The van der Waals surface area contributed by atoms with Crippen molar-refractivity contribution in [1.82, 2.24) is 0 Å². The average molecular weight is 213 g/mol. The molecule has 1 aliphatic carbocycles. The van der Waals surface area contributed by atoms with E-state index in [9.17, 15) is 5.26 Å². The van der Waals surface area contributed by atoms with Gasteiger partial charge in [0.05, 0.1) is 12.0 Å². The first-order chi connectivity index (χ1) is 7.81. The maximum absolute atomic E-state index is 9.35. The largest absolute Gasteiger partial charge is 0.198 e. The van der Waals surface area contributed by atoms with E-state index in [-0.39, 0.29) is 5.92 Å². The van der Waals surface area contributed by atoms with Gasteiger partial charge in [-0.05, 0) is 31.2 Å². The molecular weight excluding hydrogens is 194 g/mol. The molecule has 1 nitrogen and oxygen atoms in total. The highest BCUT2D eigenvalue weighted by molar-refractivity contribution is 5.29. The lowest BCUT2D eigenvalue weighted by Gasteiger charge is -2.26. The molecule has 0 unspecified atom stereocenters. The maximum atomic E-state index is 9.35.